The lowest BCUT2D eigenvalue weighted by Crippen LogP contribution is -2.48. The molecule has 0 radical (unpaired) electrons. The number of ether oxygens (including phenoxy) is 1. The number of anilines is 4. The van der Waals surface area contributed by atoms with Gasteiger partial charge in [0.05, 0.1) is 29.7 Å². The van der Waals surface area contributed by atoms with E-state index in [1.54, 1.807) is 43.5 Å². The number of rotatable bonds is 8. The maximum Gasteiger partial charge on any atom is 0.253 e. The highest BCUT2D eigenvalue weighted by atomic mass is 32.2. The number of H-pyrrole nitrogens is 1. The number of hydrogen-bond donors (Lipinski definition) is 3. The lowest BCUT2D eigenvalue weighted by molar-refractivity contribution is 0.0589. The minimum absolute atomic E-state index is 0.00726. The smallest absolute Gasteiger partial charge is 0.253 e. The van der Waals surface area contributed by atoms with E-state index in [1.165, 1.54) is 44.7 Å². The number of likely N-dealkylation sites (tertiary alicyclic amines) is 2. The SMILES string of the molecule is COc1cc(C(=O)N2CCC(N3CCCCC3)CC2)ccc1Nc1nc(Nc2ccccc2S(C)(=O)=O)c2[nH]cnc2n1. The van der Waals surface area contributed by atoms with Gasteiger partial charge in [-0.15, -0.1) is 0 Å². The first-order valence-electron chi connectivity index (χ1n) is 14.6. The topological polar surface area (TPSA) is 145 Å². The van der Waals surface area contributed by atoms with E-state index in [9.17, 15) is 13.2 Å². The van der Waals surface area contributed by atoms with Gasteiger partial charge in [0.2, 0.25) is 5.95 Å². The molecule has 2 fully saturated rings. The van der Waals surface area contributed by atoms with E-state index in [2.05, 4.69) is 35.5 Å². The van der Waals surface area contributed by atoms with Crippen molar-refractivity contribution >= 4 is 50.0 Å². The molecule has 0 atom stereocenters. The van der Waals surface area contributed by atoms with Crippen LogP contribution in [0.2, 0.25) is 0 Å². The van der Waals surface area contributed by atoms with E-state index < -0.39 is 9.84 Å². The molecular formula is C30H36N8O4S. The Labute approximate surface area is 250 Å². The fourth-order valence-electron chi connectivity index (χ4n) is 5.95. The van der Waals surface area contributed by atoms with Gasteiger partial charge in [-0.2, -0.15) is 9.97 Å². The Balaban J connectivity index is 1.20. The van der Waals surface area contributed by atoms with Gasteiger partial charge in [0.1, 0.15) is 11.3 Å². The second kappa shape index (κ2) is 12.2. The van der Waals surface area contributed by atoms with E-state index >= 15 is 0 Å². The second-order valence-corrected chi connectivity index (χ2v) is 13.0. The van der Waals surface area contributed by atoms with E-state index in [1.807, 2.05) is 4.90 Å². The van der Waals surface area contributed by atoms with E-state index in [0.29, 0.717) is 45.7 Å². The van der Waals surface area contributed by atoms with Crippen molar-refractivity contribution in [1.29, 1.82) is 0 Å². The summed E-state index contributed by atoms with van der Waals surface area (Å²) in [5, 5.41) is 6.30. The highest BCUT2D eigenvalue weighted by Crippen LogP contribution is 2.32. The van der Waals surface area contributed by atoms with Crippen molar-refractivity contribution in [3.63, 3.8) is 0 Å². The number of para-hydroxylation sites is 1. The number of benzene rings is 2. The standard InChI is InChI=1S/C30H36N8O4S/c1-42-24-18-20(29(39)38-16-12-21(13-17-38)37-14-6-3-7-15-37)10-11-22(24)34-30-35-27-26(31-19-32-27)28(36-30)33-23-8-4-5-9-25(23)43(2,40)41/h4-5,8-11,18-19,21H,3,6-7,12-17H2,1-2H3,(H3,31,32,33,34,35,36). The molecule has 0 bridgehead atoms. The molecule has 2 aliphatic rings. The first-order valence-corrected chi connectivity index (χ1v) is 16.4. The van der Waals surface area contributed by atoms with Crippen LogP contribution in [0.4, 0.5) is 23.1 Å². The van der Waals surface area contributed by atoms with Crippen LogP contribution < -0.4 is 15.4 Å². The van der Waals surface area contributed by atoms with Crippen molar-refractivity contribution in [2.75, 3.05) is 50.2 Å². The Hall–Kier alpha value is -4.23. The number of methoxy groups -OCH3 is 1. The zero-order valence-corrected chi connectivity index (χ0v) is 25.2. The Morgan fingerprint density at radius 2 is 1.74 bits per heavy atom. The molecule has 2 aliphatic heterocycles. The quantitative estimate of drug-likeness (QED) is 0.265. The van der Waals surface area contributed by atoms with Gasteiger partial charge in [0.25, 0.3) is 5.91 Å². The van der Waals surface area contributed by atoms with Gasteiger partial charge < -0.3 is 30.2 Å². The number of carbonyl (C=O) groups is 1. The molecule has 2 saturated heterocycles. The molecule has 226 valence electrons. The summed E-state index contributed by atoms with van der Waals surface area (Å²) in [6.45, 7) is 3.84. The highest BCUT2D eigenvalue weighted by Gasteiger charge is 2.28. The van der Waals surface area contributed by atoms with Crippen molar-refractivity contribution in [2.45, 2.75) is 43.0 Å². The number of hydrogen-bond acceptors (Lipinski definition) is 10. The van der Waals surface area contributed by atoms with Gasteiger partial charge in [0, 0.05) is 31.0 Å². The Bertz CT molecular complexity index is 1730. The largest absolute Gasteiger partial charge is 0.495 e. The third kappa shape index (κ3) is 6.27. The molecule has 0 saturated carbocycles. The van der Waals surface area contributed by atoms with Gasteiger partial charge in [0.15, 0.2) is 21.3 Å². The predicted molar refractivity (Wildman–Crippen MR) is 165 cm³/mol. The molecule has 0 spiro atoms. The summed E-state index contributed by atoms with van der Waals surface area (Å²) in [7, 11) is -1.94. The molecule has 2 aromatic heterocycles. The number of aromatic nitrogens is 4. The van der Waals surface area contributed by atoms with Gasteiger partial charge in [-0.05, 0) is 69.1 Å². The lowest BCUT2D eigenvalue weighted by Gasteiger charge is -2.40. The molecule has 4 heterocycles. The Morgan fingerprint density at radius 1 is 0.977 bits per heavy atom. The van der Waals surface area contributed by atoms with Gasteiger partial charge >= 0.3 is 0 Å². The monoisotopic (exact) mass is 604 g/mol. The summed E-state index contributed by atoms with van der Waals surface area (Å²) in [5.74, 6) is 1.03. The molecule has 6 rings (SSSR count). The van der Waals surface area contributed by atoms with Crippen LogP contribution in [0.1, 0.15) is 42.5 Å². The van der Waals surface area contributed by atoms with E-state index in [4.69, 9.17) is 4.74 Å². The highest BCUT2D eigenvalue weighted by molar-refractivity contribution is 7.90. The maximum absolute atomic E-state index is 13.4. The minimum Gasteiger partial charge on any atom is -0.495 e. The molecule has 2 aromatic carbocycles. The molecule has 1 amide bonds. The van der Waals surface area contributed by atoms with E-state index in [0.717, 1.165) is 32.2 Å². The van der Waals surface area contributed by atoms with Crippen molar-refractivity contribution in [3.05, 3.63) is 54.4 Å². The average molecular weight is 605 g/mol. The zero-order valence-electron chi connectivity index (χ0n) is 24.3. The fraction of sp³-hybridized carbons (Fsp3) is 0.400. The molecule has 13 heteroatoms. The van der Waals surface area contributed by atoms with E-state index in [-0.39, 0.29) is 16.8 Å². The second-order valence-electron chi connectivity index (χ2n) is 11.1. The van der Waals surface area contributed by atoms with Gasteiger partial charge in [-0.1, -0.05) is 18.6 Å². The van der Waals surface area contributed by atoms with Crippen LogP contribution >= 0.6 is 0 Å². The third-order valence-electron chi connectivity index (χ3n) is 8.18. The molecule has 0 aliphatic carbocycles. The van der Waals surface area contributed by atoms with Crippen LogP contribution in [0.3, 0.4) is 0 Å². The van der Waals surface area contributed by atoms with Crippen LogP contribution in [0, 0.1) is 0 Å². The maximum atomic E-state index is 13.4. The lowest BCUT2D eigenvalue weighted by atomic mass is 9.99. The number of carbonyl (C=O) groups excluding carboxylic acids is 1. The number of amides is 1. The molecule has 3 N–H and O–H groups in total. The Kier molecular flexibility index (Phi) is 8.17. The summed E-state index contributed by atoms with van der Waals surface area (Å²) in [6.07, 6.45) is 8.52. The first kappa shape index (κ1) is 28.9. The third-order valence-corrected chi connectivity index (χ3v) is 9.33. The summed E-state index contributed by atoms with van der Waals surface area (Å²) >= 11 is 0. The number of fused-ring (bicyclic) bond motifs is 1. The number of sulfone groups is 1. The van der Waals surface area contributed by atoms with Crippen LogP contribution in [0.15, 0.2) is 53.7 Å². The zero-order chi connectivity index (χ0) is 30.0. The van der Waals surface area contributed by atoms with Crippen LogP contribution in [-0.4, -0.2) is 89.6 Å². The molecule has 12 nitrogen and oxygen atoms in total. The van der Waals surface area contributed by atoms with Crippen LogP contribution in [-0.2, 0) is 9.84 Å². The number of nitrogens with zero attached hydrogens (tertiary/aromatic N) is 5. The Morgan fingerprint density at radius 3 is 2.49 bits per heavy atom. The average Bonchev–Trinajstić information content (AvgIpc) is 3.50. The minimum atomic E-state index is -3.49. The molecule has 4 aromatic rings. The number of aromatic amines is 1. The molecule has 0 unspecified atom stereocenters. The van der Waals surface area contributed by atoms with Crippen LogP contribution in [0.5, 0.6) is 5.75 Å². The van der Waals surface area contributed by atoms with Crippen molar-refractivity contribution in [3.8, 4) is 5.75 Å². The van der Waals surface area contributed by atoms with Crippen molar-refractivity contribution < 1.29 is 17.9 Å². The van der Waals surface area contributed by atoms with Crippen LogP contribution in [0.25, 0.3) is 11.2 Å². The molecule has 43 heavy (non-hydrogen) atoms. The fourth-order valence-corrected chi connectivity index (χ4v) is 6.79. The first-order chi connectivity index (χ1) is 20.8. The van der Waals surface area contributed by atoms with Gasteiger partial charge in [-0.3, -0.25) is 4.79 Å². The molecular weight excluding hydrogens is 568 g/mol. The number of imidazole rings is 1. The van der Waals surface area contributed by atoms with Crippen molar-refractivity contribution in [2.24, 2.45) is 0 Å². The number of nitrogens with one attached hydrogen (secondary N) is 3. The summed E-state index contributed by atoms with van der Waals surface area (Å²) < 4.78 is 30.3. The van der Waals surface area contributed by atoms with Gasteiger partial charge in [-0.25, -0.2) is 13.4 Å². The number of piperidine rings is 2. The summed E-state index contributed by atoms with van der Waals surface area (Å²) in [5.41, 5.74) is 2.41. The summed E-state index contributed by atoms with van der Waals surface area (Å²) in [6, 6.07) is 12.5. The van der Waals surface area contributed by atoms with Crippen molar-refractivity contribution in [1.82, 2.24) is 29.7 Å². The summed E-state index contributed by atoms with van der Waals surface area (Å²) in [4.78, 5) is 34.5. The predicted octanol–water partition coefficient (Wildman–Crippen LogP) is 4.34. The normalized spacial score (nSPS) is 16.7.